The first-order valence-electron chi connectivity index (χ1n) is 3.94. The molecule has 0 fully saturated rings. The lowest BCUT2D eigenvalue weighted by atomic mass is 9.86. The van der Waals surface area contributed by atoms with Crippen molar-refractivity contribution >= 4 is 11.6 Å². The number of primary amides is 1. The molecule has 4 nitrogen and oxygen atoms in total. The molecular formula is C8H14N2O2. The van der Waals surface area contributed by atoms with Gasteiger partial charge < -0.3 is 10.6 Å². The third-order valence-electron chi connectivity index (χ3n) is 1.92. The number of amides is 1. The second-order valence-corrected chi connectivity index (χ2v) is 4.07. The van der Waals surface area contributed by atoms with Gasteiger partial charge in [-0.05, 0) is 0 Å². The fourth-order valence-corrected chi connectivity index (χ4v) is 0.987. The maximum absolute atomic E-state index is 10.7. The van der Waals surface area contributed by atoms with Crippen LogP contribution in [0, 0.1) is 5.41 Å². The van der Waals surface area contributed by atoms with Gasteiger partial charge in [-0.3, -0.25) is 4.79 Å². The first kappa shape index (κ1) is 9.03. The summed E-state index contributed by atoms with van der Waals surface area (Å²) in [6.07, 6.45) is 0.499. The predicted molar refractivity (Wildman–Crippen MR) is 45.6 cm³/mol. The number of oxime groups is 1. The van der Waals surface area contributed by atoms with Crippen LogP contribution in [0.1, 0.15) is 27.2 Å². The van der Waals surface area contributed by atoms with E-state index in [2.05, 4.69) is 5.16 Å². The van der Waals surface area contributed by atoms with Gasteiger partial charge in [0.2, 0.25) is 0 Å². The van der Waals surface area contributed by atoms with Crippen LogP contribution < -0.4 is 5.73 Å². The SMILES string of the molecule is CC(C)(C)C1CC(C(N)=O)=NO1. The molecule has 1 aliphatic heterocycles. The van der Waals surface area contributed by atoms with Gasteiger partial charge >= 0.3 is 0 Å². The zero-order chi connectivity index (χ0) is 9.35. The van der Waals surface area contributed by atoms with Crippen LogP contribution in [0.2, 0.25) is 0 Å². The molecule has 0 aromatic rings. The Morgan fingerprint density at radius 3 is 2.50 bits per heavy atom. The van der Waals surface area contributed by atoms with Crippen LogP contribution in [0.3, 0.4) is 0 Å². The van der Waals surface area contributed by atoms with Crippen molar-refractivity contribution in [1.29, 1.82) is 0 Å². The normalized spacial score (nSPS) is 23.2. The van der Waals surface area contributed by atoms with Gasteiger partial charge in [0.25, 0.3) is 5.91 Å². The molecule has 1 amide bonds. The van der Waals surface area contributed by atoms with Crippen LogP contribution in [0.5, 0.6) is 0 Å². The van der Waals surface area contributed by atoms with Crippen molar-refractivity contribution in [2.75, 3.05) is 0 Å². The molecule has 1 atom stereocenters. The predicted octanol–water partition coefficient (Wildman–Crippen LogP) is 0.663. The monoisotopic (exact) mass is 170 g/mol. The second-order valence-electron chi connectivity index (χ2n) is 4.07. The Kier molecular flexibility index (Phi) is 2.08. The van der Waals surface area contributed by atoms with Crippen molar-refractivity contribution in [2.45, 2.75) is 33.3 Å². The van der Waals surface area contributed by atoms with Gasteiger partial charge in [0.1, 0.15) is 11.8 Å². The summed E-state index contributed by atoms with van der Waals surface area (Å²) in [5, 5.41) is 3.63. The number of hydrogen-bond acceptors (Lipinski definition) is 3. The molecule has 0 aliphatic carbocycles. The van der Waals surface area contributed by atoms with Gasteiger partial charge in [0.05, 0.1) is 0 Å². The molecule has 0 spiro atoms. The zero-order valence-electron chi connectivity index (χ0n) is 7.63. The van der Waals surface area contributed by atoms with Crippen LogP contribution in [-0.4, -0.2) is 17.7 Å². The van der Waals surface area contributed by atoms with Crippen molar-refractivity contribution in [3.63, 3.8) is 0 Å². The maximum atomic E-state index is 10.7. The number of rotatable bonds is 1. The first-order chi connectivity index (χ1) is 5.41. The van der Waals surface area contributed by atoms with E-state index < -0.39 is 5.91 Å². The number of carbonyl (C=O) groups is 1. The Bertz CT molecular complexity index is 228. The Hall–Kier alpha value is -1.06. The molecule has 2 N–H and O–H groups in total. The Morgan fingerprint density at radius 2 is 2.25 bits per heavy atom. The van der Waals surface area contributed by atoms with Crippen molar-refractivity contribution in [1.82, 2.24) is 0 Å². The van der Waals surface area contributed by atoms with Crippen LogP contribution >= 0.6 is 0 Å². The second kappa shape index (κ2) is 2.77. The Morgan fingerprint density at radius 1 is 1.67 bits per heavy atom. The Balaban J connectivity index is 2.59. The minimum Gasteiger partial charge on any atom is -0.391 e. The van der Waals surface area contributed by atoms with Gasteiger partial charge in [0, 0.05) is 11.8 Å². The lowest BCUT2D eigenvalue weighted by Crippen LogP contribution is -2.29. The fourth-order valence-electron chi connectivity index (χ4n) is 0.987. The average Bonchev–Trinajstić information content (AvgIpc) is 2.30. The number of hydrogen-bond donors (Lipinski definition) is 1. The lowest BCUT2D eigenvalue weighted by Gasteiger charge is -2.23. The van der Waals surface area contributed by atoms with E-state index in [1.54, 1.807) is 0 Å². The average molecular weight is 170 g/mol. The van der Waals surface area contributed by atoms with Crippen molar-refractivity contribution in [2.24, 2.45) is 16.3 Å². The molecule has 1 heterocycles. The molecule has 12 heavy (non-hydrogen) atoms. The van der Waals surface area contributed by atoms with E-state index in [1.165, 1.54) is 0 Å². The highest BCUT2D eigenvalue weighted by Gasteiger charge is 2.33. The molecule has 0 saturated carbocycles. The summed E-state index contributed by atoms with van der Waals surface area (Å²) in [4.78, 5) is 15.8. The molecule has 1 aliphatic rings. The number of nitrogens with zero attached hydrogens (tertiary/aromatic N) is 1. The first-order valence-corrected chi connectivity index (χ1v) is 3.94. The third kappa shape index (κ3) is 1.75. The van der Waals surface area contributed by atoms with E-state index in [1.807, 2.05) is 20.8 Å². The molecule has 0 aromatic heterocycles. The summed E-state index contributed by atoms with van der Waals surface area (Å²) in [5.41, 5.74) is 5.40. The van der Waals surface area contributed by atoms with E-state index in [-0.39, 0.29) is 11.5 Å². The zero-order valence-corrected chi connectivity index (χ0v) is 7.63. The topological polar surface area (TPSA) is 64.7 Å². The minimum absolute atomic E-state index is 0.000694. The molecule has 0 saturated heterocycles. The van der Waals surface area contributed by atoms with E-state index in [0.29, 0.717) is 12.1 Å². The highest BCUT2D eigenvalue weighted by atomic mass is 16.6. The highest BCUT2D eigenvalue weighted by molar-refractivity contribution is 6.38. The van der Waals surface area contributed by atoms with Gasteiger partial charge in [-0.25, -0.2) is 0 Å². The van der Waals surface area contributed by atoms with Crippen molar-refractivity contribution in [3.8, 4) is 0 Å². The smallest absolute Gasteiger partial charge is 0.266 e. The summed E-state index contributed by atoms with van der Waals surface area (Å²) in [6.45, 7) is 6.12. The van der Waals surface area contributed by atoms with E-state index in [0.717, 1.165) is 0 Å². The molecule has 0 radical (unpaired) electrons. The molecule has 0 aromatic carbocycles. The van der Waals surface area contributed by atoms with E-state index in [4.69, 9.17) is 10.6 Å². The van der Waals surface area contributed by atoms with Gasteiger partial charge in [-0.2, -0.15) is 0 Å². The number of carbonyl (C=O) groups excluding carboxylic acids is 1. The van der Waals surface area contributed by atoms with Crippen molar-refractivity contribution < 1.29 is 9.63 Å². The summed E-state index contributed by atoms with van der Waals surface area (Å²) >= 11 is 0. The molecule has 4 heteroatoms. The standard InChI is InChI=1S/C8H14N2O2/c1-8(2,3)6-4-5(7(9)11)10-12-6/h6H,4H2,1-3H3,(H2,9,11). The van der Waals surface area contributed by atoms with Gasteiger partial charge in [-0.1, -0.05) is 25.9 Å². The molecule has 1 rings (SSSR count). The highest BCUT2D eigenvalue weighted by Crippen LogP contribution is 2.28. The largest absolute Gasteiger partial charge is 0.391 e. The summed E-state index contributed by atoms with van der Waals surface area (Å²) < 4.78 is 0. The quantitative estimate of drug-likeness (QED) is 0.628. The summed E-state index contributed by atoms with van der Waals surface area (Å²) in [7, 11) is 0. The maximum Gasteiger partial charge on any atom is 0.266 e. The molecule has 1 unspecified atom stereocenters. The fraction of sp³-hybridized carbons (Fsp3) is 0.750. The molecule has 0 bridgehead atoms. The van der Waals surface area contributed by atoms with Crippen LogP contribution in [0.15, 0.2) is 5.16 Å². The number of nitrogens with two attached hydrogens (primary N) is 1. The molecule has 68 valence electrons. The van der Waals surface area contributed by atoms with Crippen LogP contribution in [0.25, 0.3) is 0 Å². The van der Waals surface area contributed by atoms with Crippen LogP contribution in [0.4, 0.5) is 0 Å². The van der Waals surface area contributed by atoms with Gasteiger partial charge in [0.15, 0.2) is 0 Å². The minimum atomic E-state index is -0.484. The Labute approximate surface area is 71.8 Å². The summed E-state index contributed by atoms with van der Waals surface area (Å²) in [5.74, 6) is -0.484. The molecular weight excluding hydrogens is 156 g/mol. The third-order valence-corrected chi connectivity index (χ3v) is 1.92. The summed E-state index contributed by atoms with van der Waals surface area (Å²) in [6, 6.07) is 0. The van der Waals surface area contributed by atoms with E-state index >= 15 is 0 Å². The van der Waals surface area contributed by atoms with Crippen LogP contribution in [-0.2, 0) is 9.63 Å². The van der Waals surface area contributed by atoms with Gasteiger partial charge in [-0.15, -0.1) is 0 Å². The lowest BCUT2D eigenvalue weighted by molar-refractivity contribution is -0.112. The van der Waals surface area contributed by atoms with E-state index in [9.17, 15) is 4.79 Å². The van der Waals surface area contributed by atoms with Crippen molar-refractivity contribution in [3.05, 3.63) is 0 Å².